The van der Waals surface area contributed by atoms with Crippen LogP contribution in [0.2, 0.25) is 0 Å². The number of sulfonamides is 1. The predicted octanol–water partition coefficient (Wildman–Crippen LogP) is 3.62. The maximum atomic E-state index is 12.5. The van der Waals surface area contributed by atoms with Crippen molar-refractivity contribution in [1.82, 2.24) is 4.72 Å². The van der Waals surface area contributed by atoms with E-state index in [1.54, 1.807) is 18.2 Å². The van der Waals surface area contributed by atoms with Gasteiger partial charge in [0.2, 0.25) is 10.0 Å². The minimum Gasteiger partial charge on any atom is -0.491 e. The molecule has 1 atom stereocenters. The van der Waals surface area contributed by atoms with Crippen LogP contribution in [0.25, 0.3) is 0 Å². The quantitative estimate of drug-likeness (QED) is 0.805. The summed E-state index contributed by atoms with van der Waals surface area (Å²) in [7, 11) is -3.63. The molecule has 3 rings (SSSR count). The Kier molecular flexibility index (Phi) is 4.09. The Bertz CT molecular complexity index is 793. The van der Waals surface area contributed by atoms with Crippen molar-refractivity contribution in [2.24, 2.45) is 0 Å². The maximum absolute atomic E-state index is 12.5. The summed E-state index contributed by atoms with van der Waals surface area (Å²) in [6.45, 7) is 0.298. The number of halogens is 2. The Morgan fingerprint density at radius 1 is 1.14 bits per heavy atom. The number of fused-ring (bicyclic) bond motifs is 1. The van der Waals surface area contributed by atoms with Gasteiger partial charge >= 0.3 is 0 Å². The van der Waals surface area contributed by atoms with Gasteiger partial charge in [0.1, 0.15) is 12.4 Å². The van der Waals surface area contributed by atoms with Crippen LogP contribution in [0.15, 0.2) is 56.3 Å². The van der Waals surface area contributed by atoms with Crippen LogP contribution in [0, 0.1) is 0 Å². The van der Waals surface area contributed by atoms with Gasteiger partial charge in [-0.3, -0.25) is 0 Å². The van der Waals surface area contributed by atoms with E-state index in [4.69, 9.17) is 4.74 Å². The van der Waals surface area contributed by atoms with E-state index in [2.05, 4.69) is 36.6 Å². The zero-order valence-corrected chi connectivity index (χ0v) is 14.7. The van der Waals surface area contributed by atoms with Crippen LogP contribution in [0.1, 0.15) is 11.6 Å². The molecule has 1 unspecified atom stereocenters. The van der Waals surface area contributed by atoms with Gasteiger partial charge < -0.3 is 4.74 Å². The smallest absolute Gasteiger partial charge is 0.242 e. The van der Waals surface area contributed by atoms with E-state index in [1.807, 2.05) is 24.3 Å². The van der Waals surface area contributed by atoms with Crippen molar-refractivity contribution in [1.29, 1.82) is 0 Å². The van der Waals surface area contributed by atoms with Crippen molar-refractivity contribution >= 4 is 41.9 Å². The molecule has 21 heavy (non-hydrogen) atoms. The van der Waals surface area contributed by atoms with E-state index < -0.39 is 10.0 Å². The molecule has 0 radical (unpaired) electrons. The second kappa shape index (κ2) is 5.72. The maximum Gasteiger partial charge on any atom is 0.242 e. The first-order chi connectivity index (χ1) is 9.97. The molecular formula is C14H11Br2NO3S. The lowest BCUT2D eigenvalue weighted by atomic mass is 10.1. The topological polar surface area (TPSA) is 55.4 Å². The molecular weight excluding hydrogens is 422 g/mol. The molecule has 0 saturated carbocycles. The molecule has 1 N–H and O–H groups in total. The molecule has 2 aromatic rings. The third-order valence-electron chi connectivity index (χ3n) is 3.18. The van der Waals surface area contributed by atoms with Gasteiger partial charge in [-0.1, -0.05) is 34.1 Å². The van der Waals surface area contributed by atoms with Gasteiger partial charge in [0.05, 0.1) is 10.9 Å². The van der Waals surface area contributed by atoms with Crippen molar-refractivity contribution in [3.63, 3.8) is 0 Å². The second-order valence-electron chi connectivity index (χ2n) is 4.60. The van der Waals surface area contributed by atoms with E-state index in [1.165, 1.54) is 0 Å². The van der Waals surface area contributed by atoms with Gasteiger partial charge in [0.25, 0.3) is 0 Å². The lowest BCUT2D eigenvalue weighted by Crippen LogP contribution is -2.29. The highest BCUT2D eigenvalue weighted by atomic mass is 79.9. The Balaban J connectivity index is 1.91. The number of ether oxygens (including phenoxy) is 1. The highest BCUT2D eigenvalue weighted by molar-refractivity contribution is 9.11. The minimum atomic E-state index is -3.63. The number of hydrogen-bond donors (Lipinski definition) is 1. The zero-order valence-electron chi connectivity index (χ0n) is 10.7. The summed E-state index contributed by atoms with van der Waals surface area (Å²) in [6, 6.07) is 12.0. The molecule has 0 bridgehead atoms. The van der Waals surface area contributed by atoms with Gasteiger partial charge in [0.15, 0.2) is 0 Å². The first-order valence-corrected chi connectivity index (χ1v) is 9.23. The van der Waals surface area contributed by atoms with Crippen molar-refractivity contribution < 1.29 is 13.2 Å². The summed E-state index contributed by atoms with van der Waals surface area (Å²) in [4.78, 5) is 0.204. The summed E-state index contributed by atoms with van der Waals surface area (Å²) in [5.74, 6) is 0.722. The fourth-order valence-corrected chi connectivity index (χ4v) is 5.15. The zero-order chi connectivity index (χ0) is 15.0. The third-order valence-corrected chi connectivity index (χ3v) is 6.12. The summed E-state index contributed by atoms with van der Waals surface area (Å²) >= 11 is 6.59. The number of para-hydroxylation sites is 1. The molecule has 110 valence electrons. The average Bonchev–Trinajstić information content (AvgIpc) is 2.81. The lowest BCUT2D eigenvalue weighted by Gasteiger charge is -2.13. The van der Waals surface area contributed by atoms with Crippen LogP contribution in [-0.2, 0) is 10.0 Å². The van der Waals surface area contributed by atoms with Crippen molar-refractivity contribution in [2.75, 3.05) is 6.61 Å². The SMILES string of the molecule is O=S(=O)(NC1COc2ccccc21)c1ccc(Br)cc1Br. The average molecular weight is 433 g/mol. The molecule has 7 heteroatoms. The largest absolute Gasteiger partial charge is 0.491 e. The van der Waals surface area contributed by atoms with Crippen LogP contribution in [-0.4, -0.2) is 15.0 Å². The Labute approximate surface area is 139 Å². The molecule has 0 aliphatic carbocycles. The van der Waals surface area contributed by atoms with Gasteiger partial charge in [-0.15, -0.1) is 0 Å². The highest BCUT2D eigenvalue weighted by Gasteiger charge is 2.29. The number of benzene rings is 2. The van der Waals surface area contributed by atoms with Gasteiger partial charge in [-0.05, 0) is 40.2 Å². The number of nitrogens with one attached hydrogen (secondary N) is 1. The molecule has 1 aliphatic rings. The van der Waals surface area contributed by atoms with E-state index in [0.717, 1.165) is 15.8 Å². The Hall–Kier alpha value is -0.890. The fourth-order valence-electron chi connectivity index (χ4n) is 2.20. The summed E-state index contributed by atoms with van der Waals surface area (Å²) in [5.41, 5.74) is 0.856. The first kappa shape index (κ1) is 15.0. The summed E-state index contributed by atoms with van der Waals surface area (Å²) in [5, 5.41) is 0. The third kappa shape index (κ3) is 3.01. The van der Waals surface area contributed by atoms with E-state index in [0.29, 0.717) is 11.1 Å². The number of hydrogen-bond acceptors (Lipinski definition) is 3. The van der Waals surface area contributed by atoms with Crippen LogP contribution >= 0.6 is 31.9 Å². The van der Waals surface area contributed by atoms with Crippen molar-refractivity contribution in [3.8, 4) is 5.75 Å². The van der Waals surface area contributed by atoms with E-state index >= 15 is 0 Å². The van der Waals surface area contributed by atoms with Gasteiger partial charge in [-0.25, -0.2) is 13.1 Å². The molecule has 0 saturated heterocycles. The number of rotatable bonds is 3. The Morgan fingerprint density at radius 2 is 1.90 bits per heavy atom. The predicted molar refractivity (Wildman–Crippen MR) is 86.8 cm³/mol. The molecule has 1 aliphatic heterocycles. The molecule has 1 heterocycles. The first-order valence-electron chi connectivity index (χ1n) is 6.16. The van der Waals surface area contributed by atoms with Crippen LogP contribution < -0.4 is 9.46 Å². The fraction of sp³-hybridized carbons (Fsp3) is 0.143. The highest BCUT2D eigenvalue weighted by Crippen LogP contribution is 2.33. The van der Waals surface area contributed by atoms with Crippen LogP contribution in [0.4, 0.5) is 0 Å². The standard InChI is InChI=1S/C14H11Br2NO3S/c15-9-5-6-14(11(16)7-9)21(18,19)17-12-8-20-13-4-2-1-3-10(12)13/h1-7,12,17H,8H2. The lowest BCUT2D eigenvalue weighted by molar-refractivity contribution is 0.325. The van der Waals surface area contributed by atoms with E-state index in [-0.39, 0.29) is 10.9 Å². The molecule has 2 aromatic carbocycles. The molecule has 0 spiro atoms. The Morgan fingerprint density at radius 3 is 2.67 bits per heavy atom. The van der Waals surface area contributed by atoms with Crippen LogP contribution in [0.3, 0.4) is 0 Å². The molecule has 0 amide bonds. The monoisotopic (exact) mass is 431 g/mol. The van der Waals surface area contributed by atoms with Crippen molar-refractivity contribution in [2.45, 2.75) is 10.9 Å². The van der Waals surface area contributed by atoms with Crippen molar-refractivity contribution in [3.05, 3.63) is 57.0 Å². The minimum absolute atomic E-state index is 0.204. The van der Waals surface area contributed by atoms with E-state index in [9.17, 15) is 8.42 Å². The summed E-state index contributed by atoms with van der Waals surface area (Å²) < 4.78 is 34.5. The van der Waals surface area contributed by atoms with Crippen LogP contribution in [0.5, 0.6) is 5.75 Å². The normalized spacial score (nSPS) is 17.3. The molecule has 0 aromatic heterocycles. The molecule has 4 nitrogen and oxygen atoms in total. The molecule has 0 fully saturated rings. The van der Waals surface area contributed by atoms with Gasteiger partial charge in [0, 0.05) is 14.5 Å². The second-order valence-corrected chi connectivity index (χ2v) is 8.05. The van der Waals surface area contributed by atoms with Gasteiger partial charge in [-0.2, -0.15) is 0 Å². The summed E-state index contributed by atoms with van der Waals surface area (Å²) in [6.07, 6.45) is 0.